The minimum absolute atomic E-state index is 0.00500. The quantitative estimate of drug-likeness (QED) is 0.853. The second-order valence-corrected chi connectivity index (χ2v) is 4.39. The molecule has 0 saturated carbocycles. The number of hydrogen-bond acceptors (Lipinski definition) is 3. The molecular weight excluding hydrogens is 220 g/mol. The van der Waals surface area contributed by atoms with Crippen LogP contribution in [-0.4, -0.2) is 19.0 Å². The number of thiophene rings is 1. The SMILES string of the molecule is CCNCC(=O)Nc1csc2ccccc12. The summed E-state index contributed by atoms with van der Waals surface area (Å²) in [5, 5.41) is 9.00. The first-order valence-electron chi connectivity index (χ1n) is 5.28. The highest BCUT2D eigenvalue weighted by Crippen LogP contribution is 2.29. The van der Waals surface area contributed by atoms with Crippen LogP contribution in [-0.2, 0) is 4.79 Å². The molecule has 3 nitrogen and oxygen atoms in total. The minimum atomic E-state index is 0.00500. The Kier molecular flexibility index (Phi) is 3.54. The highest BCUT2D eigenvalue weighted by atomic mass is 32.1. The maximum Gasteiger partial charge on any atom is 0.238 e. The molecule has 84 valence electrons. The summed E-state index contributed by atoms with van der Waals surface area (Å²) in [4.78, 5) is 11.5. The number of rotatable bonds is 4. The third-order valence-corrected chi connectivity index (χ3v) is 3.25. The number of fused-ring (bicyclic) bond motifs is 1. The zero-order valence-electron chi connectivity index (χ0n) is 9.12. The van der Waals surface area contributed by atoms with Crippen LogP contribution in [0.5, 0.6) is 0 Å². The van der Waals surface area contributed by atoms with Gasteiger partial charge in [-0.25, -0.2) is 0 Å². The number of hydrogen-bond donors (Lipinski definition) is 2. The van der Waals surface area contributed by atoms with Crippen molar-refractivity contribution in [2.24, 2.45) is 0 Å². The van der Waals surface area contributed by atoms with Crippen LogP contribution in [0.1, 0.15) is 6.92 Å². The molecule has 2 aromatic rings. The first kappa shape index (κ1) is 11.1. The van der Waals surface area contributed by atoms with Crippen molar-refractivity contribution in [2.45, 2.75) is 6.92 Å². The van der Waals surface area contributed by atoms with Crippen LogP contribution in [0.3, 0.4) is 0 Å². The molecule has 0 bridgehead atoms. The molecule has 4 heteroatoms. The smallest absolute Gasteiger partial charge is 0.238 e. The largest absolute Gasteiger partial charge is 0.324 e. The second kappa shape index (κ2) is 5.09. The molecule has 2 rings (SSSR count). The molecule has 0 spiro atoms. The van der Waals surface area contributed by atoms with E-state index in [1.807, 2.05) is 30.5 Å². The van der Waals surface area contributed by atoms with Crippen LogP contribution < -0.4 is 10.6 Å². The third-order valence-electron chi connectivity index (χ3n) is 2.29. The molecule has 0 radical (unpaired) electrons. The van der Waals surface area contributed by atoms with E-state index >= 15 is 0 Å². The molecule has 1 aromatic carbocycles. The van der Waals surface area contributed by atoms with Crippen molar-refractivity contribution in [1.82, 2.24) is 5.32 Å². The first-order valence-corrected chi connectivity index (χ1v) is 6.16. The van der Waals surface area contributed by atoms with Crippen molar-refractivity contribution in [3.8, 4) is 0 Å². The fourth-order valence-corrected chi connectivity index (χ4v) is 2.40. The molecule has 16 heavy (non-hydrogen) atoms. The van der Waals surface area contributed by atoms with Gasteiger partial charge in [-0.15, -0.1) is 11.3 Å². The third kappa shape index (κ3) is 2.40. The molecule has 0 saturated heterocycles. The molecule has 0 aliphatic carbocycles. The van der Waals surface area contributed by atoms with E-state index in [-0.39, 0.29) is 5.91 Å². The Bertz CT molecular complexity index is 492. The summed E-state index contributed by atoms with van der Waals surface area (Å²) >= 11 is 1.64. The number of likely N-dealkylation sites (N-methyl/N-ethyl adjacent to an activating group) is 1. The Morgan fingerprint density at radius 2 is 2.19 bits per heavy atom. The van der Waals surface area contributed by atoms with Gasteiger partial charge in [0.05, 0.1) is 12.2 Å². The first-order chi connectivity index (χ1) is 7.81. The van der Waals surface area contributed by atoms with Crippen molar-refractivity contribution in [3.63, 3.8) is 0 Å². The van der Waals surface area contributed by atoms with E-state index in [0.29, 0.717) is 6.54 Å². The highest BCUT2D eigenvalue weighted by molar-refractivity contribution is 7.17. The van der Waals surface area contributed by atoms with Crippen molar-refractivity contribution < 1.29 is 4.79 Å². The maximum atomic E-state index is 11.5. The predicted molar refractivity (Wildman–Crippen MR) is 69.0 cm³/mol. The second-order valence-electron chi connectivity index (χ2n) is 3.47. The molecule has 0 aliphatic heterocycles. The van der Waals surface area contributed by atoms with Gasteiger partial charge in [0, 0.05) is 15.5 Å². The van der Waals surface area contributed by atoms with Gasteiger partial charge in [0.1, 0.15) is 0 Å². The lowest BCUT2D eigenvalue weighted by Crippen LogP contribution is -2.27. The molecule has 0 atom stereocenters. The average Bonchev–Trinajstić information content (AvgIpc) is 2.70. The summed E-state index contributed by atoms with van der Waals surface area (Å²) in [5.41, 5.74) is 0.906. The van der Waals surface area contributed by atoms with Gasteiger partial charge in [0.25, 0.3) is 0 Å². The Morgan fingerprint density at radius 1 is 1.38 bits per heavy atom. The lowest BCUT2D eigenvalue weighted by Gasteiger charge is -2.03. The average molecular weight is 234 g/mol. The Morgan fingerprint density at radius 3 is 3.00 bits per heavy atom. The number of benzene rings is 1. The van der Waals surface area contributed by atoms with Gasteiger partial charge >= 0.3 is 0 Å². The molecular formula is C12H14N2OS. The number of carbonyl (C=O) groups is 1. The number of amides is 1. The molecule has 2 N–H and O–H groups in total. The standard InChI is InChI=1S/C12H14N2OS/c1-2-13-7-12(15)14-10-8-16-11-6-4-3-5-9(10)11/h3-6,8,13H,2,7H2,1H3,(H,14,15). The summed E-state index contributed by atoms with van der Waals surface area (Å²) in [6, 6.07) is 8.06. The lowest BCUT2D eigenvalue weighted by atomic mass is 10.2. The van der Waals surface area contributed by atoms with Crippen LogP contribution >= 0.6 is 11.3 Å². The number of nitrogens with one attached hydrogen (secondary N) is 2. The highest BCUT2D eigenvalue weighted by Gasteiger charge is 2.06. The summed E-state index contributed by atoms with van der Waals surface area (Å²) in [7, 11) is 0. The molecule has 0 fully saturated rings. The predicted octanol–water partition coefficient (Wildman–Crippen LogP) is 2.45. The van der Waals surface area contributed by atoms with Crippen LogP contribution in [0.15, 0.2) is 29.6 Å². The fourth-order valence-electron chi connectivity index (χ4n) is 1.51. The Hall–Kier alpha value is -1.39. The van der Waals surface area contributed by atoms with Crippen LogP contribution in [0.25, 0.3) is 10.1 Å². The number of anilines is 1. The molecule has 0 aliphatic rings. The van der Waals surface area contributed by atoms with Gasteiger partial charge in [-0.05, 0) is 12.6 Å². The van der Waals surface area contributed by atoms with E-state index in [4.69, 9.17) is 0 Å². The maximum absolute atomic E-state index is 11.5. The van der Waals surface area contributed by atoms with E-state index < -0.39 is 0 Å². The van der Waals surface area contributed by atoms with Crippen LogP contribution in [0, 0.1) is 0 Å². The monoisotopic (exact) mass is 234 g/mol. The van der Waals surface area contributed by atoms with Crippen molar-refractivity contribution in [1.29, 1.82) is 0 Å². The van der Waals surface area contributed by atoms with Gasteiger partial charge in [-0.2, -0.15) is 0 Å². The van der Waals surface area contributed by atoms with Gasteiger partial charge in [-0.1, -0.05) is 25.1 Å². The van der Waals surface area contributed by atoms with Crippen molar-refractivity contribution in [2.75, 3.05) is 18.4 Å². The fraction of sp³-hybridized carbons (Fsp3) is 0.250. The van der Waals surface area contributed by atoms with E-state index in [2.05, 4.69) is 16.7 Å². The van der Waals surface area contributed by atoms with Gasteiger partial charge in [-0.3, -0.25) is 4.79 Å². The van der Waals surface area contributed by atoms with Crippen molar-refractivity contribution in [3.05, 3.63) is 29.6 Å². The summed E-state index contributed by atoms with van der Waals surface area (Å²) in [6.07, 6.45) is 0. The Balaban J connectivity index is 2.12. The zero-order valence-corrected chi connectivity index (χ0v) is 9.93. The summed E-state index contributed by atoms with van der Waals surface area (Å²) in [5.74, 6) is 0.00500. The van der Waals surface area contributed by atoms with E-state index in [0.717, 1.165) is 17.6 Å². The normalized spacial score (nSPS) is 10.6. The van der Waals surface area contributed by atoms with Gasteiger partial charge in [0.15, 0.2) is 0 Å². The molecule has 0 unspecified atom stereocenters. The minimum Gasteiger partial charge on any atom is -0.324 e. The van der Waals surface area contributed by atoms with E-state index in [1.54, 1.807) is 11.3 Å². The van der Waals surface area contributed by atoms with Crippen LogP contribution in [0.2, 0.25) is 0 Å². The molecule has 1 aromatic heterocycles. The van der Waals surface area contributed by atoms with Gasteiger partial charge < -0.3 is 10.6 Å². The Labute approximate surface area is 98.5 Å². The van der Waals surface area contributed by atoms with E-state index in [1.165, 1.54) is 4.70 Å². The molecule has 1 amide bonds. The molecule has 1 heterocycles. The van der Waals surface area contributed by atoms with E-state index in [9.17, 15) is 4.79 Å². The van der Waals surface area contributed by atoms with Gasteiger partial charge in [0.2, 0.25) is 5.91 Å². The topological polar surface area (TPSA) is 41.1 Å². The van der Waals surface area contributed by atoms with Crippen molar-refractivity contribution >= 4 is 33.0 Å². The number of carbonyl (C=O) groups excluding carboxylic acids is 1. The van der Waals surface area contributed by atoms with Crippen LogP contribution in [0.4, 0.5) is 5.69 Å². The summed E-state index contributed by atoms with van der Waals surface area (Å²) in [6.45, 7) is 3.14. The zero-order chi connectivity index (χ0) is 11.4. The lowest BCUT2D eigenvalue weighted by molar-refractivity contribution is -0.115. The summed E-state index contributed by atoms with van der Waals surface area (Å²) < 4.78 is 1.20.